The minimum Gasteiger partial charge on any atom is -0.467 e. The molecule has 1 aromatic heterocycles. The average Bonchev–Trinajstić information content (AvgIpc) is 3.06. The lowest BCUT2D eigenvalue weighted by atomic mass is 9.81. The van der Waals surface area contributed by atoms with Gasteiger partial charge in [-0.05, 0) is 44.2 Å². The summed E-state index contributed by atoms with van der Waals surface area (Å²) in [5, 5.41) is 5.86. The highest BCUT2D eigenvalue weighted by Gasteiger charge is 2.31. The van der Waals surface area contributed by atoms with Crippen molar-refractivity contribution >= 4 is 11.9 Å². The third-order valence-electron chi connectivity index (χ3n) is 4.60. The molecule has 2 rings (SSSR count). The van der Waals surface area contributed by atoms with Gasteiger partial charge in [0, 0.05) is 25.6 Å². The third kappa shape index (κ3) is 5.28. The molecule has 2 N–H and O–H groups in total. The number of hydrogen-bond acceptors (Lipinski definition) is 3. The van der Waals surface area contributed by atoms with Gasteiger partial charge in [0.1, 0.15) is 5.76 Å². The van der Waals surface area contributed by atoms with E-state index < -0.39 is 0 Å². The van der Waals surface area contributed by atoms with Crippen molar-refractivity contribution in [1.82, 2.24) is 15.5 Å². The van der Waals surface area contributed by atoms with E-state index in [-0.39, 0.29) is 18.0 Å². The van der Waals surface area contributed by atoms with E-state index in [0.717, 1.165) is 25.1 Å². The van der Waals surface area contributed by atoms with E-state index in [0.29, 0.717) is 31.3 Å². The van der Waals surface area contributed by atoms with Crippen LogP contribution in [-0.2, 0) is 11.3 Å². The first-order chi connectivity index (χ1) is 11.5. The number of likely N-dealkylation sites (tertiary alicyclic amines) is 1. The van der Waals surface area contributed by atoms with Crippen LogP contribution in [0.3, 0.4) is 0 Å². The predicted octanol–water partition coefficient (Wildman–Crippen LogP) is 2.75. The zero-order valence-corrected chi connectivity index (χ0v) is 14.9. The van der Waals surface area contributed by atoms with Crippen LogP contribution in [0.2, 0.25) is 0 Å². The van der Waals surface area contributed by atoms with E-state index in [1.165, 1.54) is 0 Å². The molecule has 1 aliphatic rings. The van der Waals surface area contributed by atoms with Crippen LogP contribution >= 0.6 is 0 Å². The van der Waals surface area contributed by atoms with Gasteiger partial charge in [0.2, 0.25) is 5.91 Å². The average molecular weight is 335 g/mol. The molecule has 3 amide bonds. The van der Waals surface area contributed by atoms with Crippen LogP contribution in [0.25, 0.3) is 0 Å². The van der Waals surface area contributed by atoms with Gasteiger partial charge in [-0.2, -0.15) is 0 Å². The molecule has 1 aromatic rings. The van der Waals surface area contributed by atoms with E-state index >= 15 is 0 Å². The Labute approximate surface area is 144 Å². The Balaban J connectivity index is 1.81. The number of amides is 3. The molecule has 6 nitrogen and oxygen atoms in total. The fraction of sp³-hybridized carbons (Fsp3) is 0.667. The van der Waals surface area contributed by atoms with Gasteiger partial charge < -0.3 is 20.0 Å². The summed E-state index contributed by atoms with van der Waals surface area (Å²) >= 11 is 0. The number of nitrogens with one attached hydrogen (secondary N) is 2. The standard InChI is InChI=1S/C18H29N3O3/c1-4-14-12-21(18(23)20-13(2)3)8-7-15(14)10-17(22)19-11-16-6-5-9-24-16/h5-6,9,13-15H,4,7-8,10-12H2,1-3H3,(H,19,22)(H,20,23). The Bertz CT molecular complexity index is 528. The first-order valence-electron chi connectivity index (χ1n) is 8.84. The molecule has 24 heavy (non-hydrogen) atoms. The molecule has 1 saturated heterocycles. The Kier molecular flexibility index (Phi) is 6.70. The molecule has 1 fully saturated rings. The van der Waals surface area contributed by atoms with Crippen molar-refractivity contribution in [3.63, 3.8) is 0 Å². The van der Waals surface area contributed by atoms with Crippen molar-refractivity contribution < 1.29 is 14.0 Å². The lowest BCUT2D eigenvalue weighted by molar-refractivity contribution is -0.123. The molecule has 0 saturated carbocycles. The van der Waals surface area contributed by atoms with E-state index in [1.54, 1.807) is 6.26 Å². The Hall–Kier alpha value is -1.98. The zero-order chi connectivity index (χ0) is 17.5. The molecule has 0 spiro atoms. The van der Waals surface area contributed by atoms with Crippen LogP contribution in [0.15, 0.2) is 22.8 Å². The summed E-state index contributed by atoms with van der Waals surface area (Å²) in [6, 6.07) is 3.81. The molecule has 0 aliphatic carbocycles. The second kappa shape index (κ2) is 8.76. The van der Waals surface area contributed by atoms with Crippen molar-refractivity contribution in [2.75, 3.05) is 13.1 Å². The van der Waals surface area contributed by atoms with Crippen LogP contribution < -0.4 is 10.6 Å². The van der Waals surface area contributed by atoms with Crippen LogP contribution in [0.1, 0.15) is 45.8 Å². The third-order valence-corrected chi connectivity index (χ3v) is 4.60. The predicted molar refractivity (Wildman–Crippen MR) is 92.3 cm³/mol. The van der Waals surface area contributed by atoms with Gasteiger partial charge >= 0.3 is 6.03 Å². The summed E-state index contributed by atoms with van der Waals surface area (Å²) in [4.78, 5) is 26.2. The molecule has 1 aliphatic heterocycles. The fourth-order valence-electron chi connectivity index (χ4n) is 3.24. The minimum absolute atomic E-state index is 0.00386. The van der Waals surface area contributed by atoms with Gasteiger partial charge in [0.15, 0.2) is 0 Å². The number of piperidine rings is 1. The van der Waals surface area contributed by atoms with Gasteiger partial charge in [-0.25, -0.2) is 4.79 Å². The summed E-state index contributed by atoms with van der Waals surface area (Å²) in [5.74, 6) is 1.51. The van der Waals surface area contributed by atoms with Crippen molar-refractivity contribution in [2.24, 2.45) is 11.8 Å². The maximum absolute atomic E-state index is 12.2. The topological polar surface area (TPSA) is 74.6 Å². The van der Waals surface area contributed by atoms with Crippen molar-refractivity contribution in [3.05, 3.63) is 24.2 Å². The molecular formula is C18H29N3O3. The van der Waals surface area contributed by atoms with Crippen LogP contribution in [-0.4, -0.2) is 36.0 Å². The SMILES string of the molecule is CCC1CN(C(=O)NC(C)C)CCC1CC(=O)NCc1ccco1. The number of furan rings is 1. The van der Waals surface area contributed by atoms with E-state index in [2.05, 4.69) is 17.6 Å². The summed E-state index contributed by atoms with van der Waals surface area (Å²) in [6.45, 7) is 7.92. The first-order valence-corrected chi connectivity index (χ1v) is 8.84. The fourth-order valence-corrected chi connectivity index (χ4v) is 3.24. The smallest absolute Gasteiger partial charge is 0.317 e. The van der Waals surface area contributed by atoms with E-state index in [4.69, 9.17) is 4.42 Å². The Morgan fingerprint density at radius 3 is 2.79 bits per heavy atom. The highest BCUT2D eigenvalue weighted by atomic mass is 16.3. The first kappa shape index (κ1) is 18.4. The van der Waals surface area contributed by atoms with Crippen molar-refractivity contribution in [1.29, 1.82) is 0 Å². The number of carbonyl (C=O) groups excluding carboxylic acids is 2. The molecule has 2 heterocycles. The maximum Gasteiger partial charge on any atom is 0.317 e. The lowest BCUT2D eigenvalue weighted by Gasteiger charge is -2.38. The monoisotopic (exact) mass is 335 g/mol. The van der Waals surface area contributed by atoms with Gasteiger partial charge in [0.25, 0.3) is 0 Å². The molecule has 0 aromatic carbocycles. The van der Waals surface area contributed by atoms with Gasteiger partial charge in [-0.1, -0.05) is 13.3 Å². The molecular weight excluding hydrogens is 306 g/mol. The van der Waals surface area contributed by atoms with Gasteiger partial charge in [-0.15, -0.1) is 0 Å². The highest BCUT2D eigenvalue weighted by Crippen LogP contribution is 2.29. The normalized spacial score (nSPS) is 20.9. The largest absolute Gasteiger partial charge is 0.467 e. The molecule has 6 heteroatoms. The molecule has 134 valence electrons. The molecule has 0 radical (unpaired) electrons. The Morgan fingerprint density at radius 2 is 2.17 bits per heavy atom. The zero-order valence-electron chi connectivity index (χ0n) is 14.9. The summed E-state index contributed by atoms with van der Waals surface area (Å²) in [5.41, 5.74) is 0. The van der Waals surface area contributed by atoms with Crippen LogP contribution in [0.5, 0.6) is 0 Å². The summed E-state index contributed by atoms with van der Waals surface area (Å²) in [7, 11) is 0. The molecule has 0 bridgehead atoms. The number of rotatable bonds is 6. The quantitative estimate of drug-likeness (QED) is 0.839. The maximum atomic E-state index is 12.2. The molecule has 2 unspecified atom stereocenters. The highest BCUT2D eigenvalue weighted by molar-refractivity contribution is 5.76. The Morgan fingerprint density at radius 1 is 1.38 bits per heavy atom. The van der Waals surface area contributed by atoms with Gasteiger partial charge in [-0.3, -0.25) is 4.79 Å². The van der Waals surface area contributed by atoms with Crippen LogP contribution in [0.4, 0.5) is 4.79 Å². The van der Waals surface area contributed by atoms with Crippen molar-refractivity contribution in [3.8, 4) is 0 Å². The summed E-state index contributed by atoms with van der Waals surface area (Å²) < 4.78 is 5.22. The van der Waals surface area contributed by atoms with Crippen molar-refractivity contribution in [2.45, 2.75) is 52.6 Å². The second-order valence-electron chi connectivity index (χ2n) is 6.83. The van der Waals surface area contributed by atoms with E-state index in [9.17, 15) is 9.59 Å². The lowest BCUT2D eigenvalue weighted by Crippen LogP contribution is -2.50. The van der Waals surface area contributed by atoms with Gasteiger partial charge in [0.05, 0.1) is 12.8 Å². The number of carbonyl (C=O) groups is 2. The summed E-state index contributed by atoms with van der Waals surface area (Å²) in [6.07, 6.45) is 3.96. The van der Waals surface area contributed by atoms with E-state index in [1.807, 2.05) is 30.9 Å². The number of hydrogen-bond donors (Lipinski definition) is 2. The van der Waals surface area contributed by atoms with Crippen LogP contribution in [0, 0.1) is 11.8 Å². The second-order valence-corrected chi connectivity index (χ2v) is 6.83. The molecule has 2 atom stereocenters. The number of urea groups is 1. The minimum atomic E-state index is 0.00386. The number of nitrogens with zero attached hydrogens (tertiary/aromatic N) is 1.